The van der Waals surface area contributed by atoms with Crippen molar-refractivity contribution in [3.05, 3.63) is 75.9 Å². The summed E-state index contributed by atoms with van der Waals surface area (Å²) >= 11 is 1.19. The Morgan fingerprint density at radius 1 is 1.00 bits per heavy atom. The number of rotatable bonds is 7. The van der Waals surface area contributed by atoms with Crippen LogP contribution in [0.15, 0.2) is 34.4 Å². The molecular formula is C17H13N3O7S. The van der Waals surface area contributed by atoms with Gasteiger partial charge in [-0.15, -0.1) is 11.8 Å². The second kappa shape index (κ2) is 7.35. The lowest BCUT2D eigenvalue weighted by molar-refractivity contribution is -0.418. The van der Waals surface area contributed by atoms with Crippen molar-refractivity contribution in [3.8, 4) is 0 Å². The predicted molar refractivity (Wildman–Crippen MR) is 102 cm³/mol. The van der Waals surface area contributed by atoms with E-state index in [1.54, 1.807) is 0 Å². The SMILES string of the molecule is CCCCSC1=CC([N+](=O)[O-])=C2C(=Cc3cc([N+](=O)[O-])cc([N+](=O)[O-])c32)C1=O. The van der Waals surface area contributed by atoms with E-state index in [2.05, 4.69) is 0 Å². The van der Waals surface area contributed by atoms with Crippen LogP contribution in [0.5, 0.6) is 0 Å². The number of nitrogens with zero attached hydrogens (tertiary/aromatic N) is 3. The number of nitro benzene ring substituents is 2. The third-order valence-corrected chi connectivity index (χ3v) is 5.41. The lowest BCUT2D eigenvalue weighted by Crippen LogP contribution is -2.15. The molecular weight excluding hydrogens is 390 g/mol. The van der Waals surface area contributed by atoms with E-state index in [4.69, 9.17) is 0 Å². The minimum Gasteiger partial charge on any atom is -0.288 e. The Bertz CT molecular complexity index is 1040. The van der Waals surface area contributed by atoms with Gasteiger partial charge in [-0.05, 0) is 23.8 Å². The molecule has 1 aromatic rings. The van der Waals surface area contributed by atoms with E-state index in [0.717, 1.165) is 31.1 Å². The normalized spacial score (nSPS) is 15.0. The molecule has 3 rings (SSSR count). The highest BCUT2D eigenvalue weighted by Crippen LogP contribution is 2.48. The van der Waals surface area contributed by atoms with Crippen LogP contribution in [0.3, 0.4) is 0 Å². The number of ketones is 1. The number of benzene rings is 1. The quantitative estimate of drug-likeness (QED) is 0.378. The Morgan fingerprint density at radius 2 is 1.71 bits per heavy atom. The molecule has 2 aliphatic carbocycles. The van der Waals surface area contributed by atoms with Crippen LogP contribution in [0.25, 0.3) is 11.6 Å². The van der Waals surface area contributed by atoms with Crippen LogP contribution in [-0.2, 0) is 4.79 Å². The Hall–Kier alpha value is -3.34. The standard InChI is InChI=1S/C17H13N3O7S/c1-2-3-4-28-14-8-13(20(26)27)16-11(17(14)21)6-9-5-10(18(22)23)7-12(15(9)16)19(24)25/h5-8H,2-4H2,1H3. The van der Waals surface area contributed by atoms with Crippen molar-refractivity contribution in [2.45, 2.75) is 19.8 Å². The van der Waals surface area contributed by atoms with E-state index >= 15 is 0 Å². The first-order chi connectivity index (χ1) is 13.3. The van der Waals surface area contributed by atoms with Gasteiger partial charge in [0.15, 0.2) is 0 Å². The smallest absolute Gasteiger partial charge is 0.284 e. The summed E-state index contributed by atoms with van der Waals surface area (Å²) in [5, 5.41) is 34.2. The van der Waals surface area contributed by atoms with Gasteiger partial charge in [-0.25, -0.2) is 0 Å². The number of hydrogen-bond donors (Lipinski definition) is 0. The molecule has 0 saturated carbocycles. The van der Waals surface area contributed by atoms with Crippen molar-refractivity contribution in [2.75, 3.05) is 5.75 Å². The van der Waals surface area contributed by atoms with E-state index < -0.39 is 37.6 Å². The van der Waals surface area contributed by atoms with Crippen molar-refractivity contribution in [1.82, 2.24) is 0 Å². The van der Waals surface area contributed by atoms with Gasteiger partial charge in [0.1, 0.15) is 0 Å². The molecule has 0 unspecified atom stereocenters. The molecule has 0 aromatic heterocycles. The number of non-ortho nitro benzene ring substituents is 1. The highest BCUT2D eigenvalue weighted by molar-refractivity contribution is 8.04. The summed E-state index contributed by atoms with van der Waals surface area (Å²) < 4.78 is 0. The second-order valence-corrected chi connectivity index (χ2v) is 7.20. The van der Waals surface area contributed by atoms with E-state index in [0.29, 0.717) is 5.75 Å². The second-order valence-electron chi connectivity index (χ2n) is 6.06. The van der Waals surface area contributed by atoms with Gasteiger partial charge in [0.25, 0.3) is 17.1 Å². The van der Waals surface area contributed by atoms with Crippen LogP contribution in [0.4, 0.5) is 11.4 Å². The van der Waals surface area contributed by atoms with Gasteiger partial charge in [-0.2, -0.15) is 0 Å². The number of Topliss-reactive ketones (excluding diaryl/α,β-unsaturated/α-hetero) is 1. The number of carbonyl (C=O) groups excluding carboxylic acids is 1. The highest BCUT2D eigenvalue weighted by atomic mass is 32.2. The van der Waals surface area contributed by atoms with Crippen molar-refractivity contribution in [1.29, 1.82) is 0 Å². The maximum absolute atomic E-state index is 12.8. The van der Waals surface area contributed by atoms with Crippen LogP contribution in [0.1, 0.15) is 30.9 Å². The average Bonchev–Trinajstić information content (AvgIpc) is 3.02. The molecule has 0 saturated heterocycles. The monoisotopic (exact) mass is 403 g/mol. The van der Waals surface area contributed by atoms with Crippen LogP contribution in [0, 0.1) is 30.3 Å². The molecule has 0 radical (unpaired) electrons. The fourth-order valence-electron chi connectivity index (χ4n) is 3.05. The first-order valence-corrected chi connectivity index (χ1v) is 9.22. The Balaban J connectivity index is 2.24. The molecule has 0 atom stereocenters. The number of unbranched alkanes of at least 4 members (excludes halogenated alkanes) is 1. The highest BCUT2D eigenvalue weighted by Gasteiger charge is 2.42. The number of carbonyl (C=O) groups is 1. The molecule has 28 heavy (non-hydrogen) atoms. The summed E-state index contributed by atoms with van der Waals surface area (Å²) in [6.45, 7) is 1.97. The van der Waals surface area contributed by atoms with Gasteiger partial charge in [0.05, 0.1) is 36.9 Å². The maximum Gasteiger partial charge on any atom is 0.284 e. The molecule has 0 bridgehead atoms. The number of hydrogen-bond acceptors (Lipinski definition) is 8. The maximum atomic E-state index is 12.8. The van der Waals surface area contributed by atoms with Gasteiger partial charge in [0, 0.05) is 17.7 Å². The molecule has 0 aliphatic heterocycles. The van der Waals surface area contributed by atoms with Gasteiger partial charge in [-0.3, -0.25) is 35.1 Å². The summed E-state index contributed by atoms with van der Waals surface area (Å²) in [7, 11) is 0. The van der Waals surface area contributed by atoms with E-state index in [-0.39, 0.29) is 27.2 Å². The molecule has 10 nitrogen and oxygen atoms in total. The van der Waals surface area contributed by atoms with Crippen molar-refractivity contribution >= 4 is 40.6 Å². The summed E-state index contributed by atoms with van der Waals surface area (Å²) in [6.07, 6.45) is 4.09. The van der Waals surface area contributed by atoms with Crippen molar-refractivity contribution in [2.24, 2.45) is 0 Å². The number of thioether (sulfide) groups is 1. The lowest BCUT2D eigenvalue weighted by Gasteiger charge is -2.14. The molecule has 0 amide bonds. The fourth-order valence-corrected chi connectivity index (χ4v) is 4.14. The molecule has 2 aliphatic rings. The minimum absolute atomic E-state index is 0.0480. The number of fused-ring (bicyclic) bond motifs is 3. The number of nitro groups is 3. The fraction of sp³-hybridized carbons (Fsp3) is 0.235. The zero-order valence-corrected chi connectivity index (χ0v) is 15.4. The Labute approximate surface area is 162 Å². The van der Waals surface area contributed by atoms with Crippen LogP contribution in [-0.4, -0.2) is 26.3 Å². The summed E-state index contributed by atoms with van der Waals surface area (Å²) in [5.41, 5.74) is -1.90. The van der Waals surface area contributed by atoms with Gasteiger partial charge < -0.3 is 0 Å². The molecule has 11 heteroatoms. The van der Waals surface area contributed by atoms with Crippen LogP contribution >= 0.6 is 11.8 Å². The zero-order valence-electron chi connectivity index (χ0n) is 14.5. The van der Waals surface area contributed by atoms with Crippen molar-refractivity contribution in [3.63, 3.8) is 0 Å². The summed E-state index contributed by atoms with van der Waals surface area (Å²) in [4.78, 5) is 44.9. The van der Waals surface area contributed by atoms with Gasteiger partial charge in [0.2, 0.25) is 5.78 Å². The van der Waals surface area contributed by atoms with E-state index in [1.807, 2.05) is 6.92 Å². The van der Waals surface area contributed by atoms with Crippen LogP contribution < -0.4 is 0 Å². The third-order valence-electron chi connectivity index (χ3n) is 4.30. The van der Waals surface area contributed by atoms with Gasteiger partial charge >= 0.3 is 0 Å². The Morgan fingerprint density at radius 3 is 2.29 bits per heavy atom. The predicted octanol–water partition coefficient (Wildman–Crippen LogP) is 3.89. The topological polar surface area (TPSA) is 146 Å². The first kappa shape index (κ1) is 19.4. The molecule has 144 valence electrons. The first-order valence-electron chi connectivity index (χ1n) is 8.23. The van der Waals surface area contributed by atoms with Gasteiger partial charge in [-0.1, -0.05) is 13.3 Å². The molecule has 0 N–H and O–H groups in total. The van der Waals surface area contributed by atoms with E-state index in [9.17, 15) is 35.1 Å². The third kappa shape index (κ3) is 3.20. The average molecular weight is 403 g/mol. The molecule has 0 spiro atoms. The van der Waals surface area contributed by atoms with Crippen molar-refractivity contribution < 1.29 is 19.6 Å². The zero-order chi connectivity index (χ0) is 20.6. The van der Waals surface area contributed by atoms with E-state index in [1.165, 1.54) is 17.8 Å². The summed E-state index contributed by atoms with van der Waals surface area (Å²) in [6, 6.07) is 1.83. The lowest BCUT2D eigenvalue weighted by atomic mass is 9.92. The molecule has 0 heterocycles. The Kier molecular flexibility index (Phi) is 5.10. The largest absolute Gasteiger partial charge is 0.288 e. The molecule has 1 aromatic carbocycles. The minimum atomic E-state index is -0.840. The summed E-state index contributed by atoms with van der Waals surface area (Å²) in [5.74, 6) is 0.120. The molecule has 0 fully saturated rings. The van der Waals surface area contributed by atoms with Crippen LogP contribution in [0.2, 0.25) is 0 Å². The number of allylic oxidation sites excluding steroid dienone is 4.